The third-order valence-electron chi connectivity index (χ3n) is 4.38. The molecule has 1 aliphatic heterocycles. The molecule has 7 heteroatoms. The smallest absolute Gasteiger partial charge is 0.252 e. The van der Waals surface area contributed by atoms with Crippen LogP contribution in [0.15, 0.2) is 24.3 Å². The number of aromatic nitrogens is 2. The van der Waals surface area contributed by atoms with Crippen molar-refractivity contribution in [2.45, 2.75) is 30.8 Å². The van der Waals surface area contributed by atoms with Gasteiger partial charge in [0.25, 0.3) is 5.92 Å². The van der Waals surface area contributed by atoms with Gasteiger partial charge in [-0.25, -0.2) is 13.2 Å². The molecule has 22 heavy (non-hydrogen) atoms. The maximum Gasteiger partial charge on any atom is 0.252 e. The molecule has 1 fully saturated rings. The van der Waals surface area contributed by atoms with Crippen LogP contribution in [0.4, 0.5) is 13.2 Å². The Balaban J connectivity index is 1.75. The minimum Gasteiger partial charge on any atom is -0.309 e. The van der Waals surface area contributed by atoms with E-state index in [-0.39, 0.29) is 17.9 Å². The van der Waals surface area contributed by atoms with Crippen molar-refractivity contribution < 1.29 is 13.2 Å². The average Bonchev–Trinajstić information content (AvgIpc) is 2.85. The van der Waals surface area contributed by atoms with E-state index in [0.717, 1.165) is 5.69 Å². The SMILES string of the molecule is Fc1ccc(-c2cc3n(n2)C2(CNC3)CC(F)(F)C2)cc1Cl. The van der Waals surface area contributed by atoms with Gasteiger partial charge in [-0.3, -0.25) is 4.68 Å². The van der Waals surface area contributed by atoms with Gasteiger partial charge in [0.05, 0.1) is 21.9 Å². The lowest BCUT2D eigenvalue weighted by molar-refractivity contribution is -0.158. The first-order valence-electron chi connectivity index (χ1n) is 7.02. The highest BCUT2D eigenvalue weighted by molar-refractivity contribution is 6.31. The highest BCUT2D eigenvalue weighted by atomic mass is 35.5. The van der Waals surface area contributed by atoms with Crippen molar-refractivity contribution in [3.05, 3.63) is 40.8 Å². The summed E-state index contributed by atoms with van der Waals surface area (Å²) >= 11 is 5.80. The van der Waals surface area contributed by atoms with E-state index in [1.807, 2.05) is 6.07 Å². The fourth-order valence-corrected chi connectivity index (χ4v) is 3.62. The lowest BCUT2D eigenvalue weighted by atomic mass is 9.72. The summed E-state index contributed by atoms with van der Waals surface area (Å²) in [5, 5.41) is 7.69. The zero-order chi connectivity index (χ0) is 15.5. The number of halogens is 4. The molecule has 1 spiro atoms. The van der Waals surface area contributed by atoms with E-state index in [2.05, 4.69) is 10.4 Å². The minimum absolute atomic E-state index is 0.0199. The molecular formula is C15H13ClF3N3. The Kier molecular flexibility index (Phi) is 2.87. The third kappa shape index (κ3) is 2.05. The van der Waals surface area contributed by atoms with Crippen molar-refractivity contribution in [1.29, 1.82) is 0 Å². The number of hydrogen-bond donors (Lipinski definition) is 1. The fraction of sp³-hybridized carbons (Fsp3) is 0.400. The second kappa shape index (κ2) is 4.49. The standard InChI is InChI=1S/C15H13ClF3N3/c16-11-3-9(1-2-12(11)17)13-4-10-5-20-8-14(22(10)21-13)6-15(18,19)7-14/h1-4,20H,5-8H2. The number of fused-ring (bicyclic) bond motifs is 2. The summed E-state index contributed by atoms with van der Waals surface area (Å²) < 4.78 is 41.7. The molecule has 116 valence electrons. The van der Waals surface area contributed by atoms with Gasteiger partial charge in [0.1, 0.15) is 5.82 Å². The van der Waals surface area contributed by atoms with E-state index in [9.17, 15) is 13.2 Å². The van der Waals surface area contributed by atoms with Crippen LogP contribution in [0, 0.1) is 5.82 Å². The van der Waals surface area contributed by atoms with Crippen molar-refractivity contribution in [3.8, 4) is 11.3 Å². The number of nitrogens with zero attached hydrogens (tertiary/aromatic N) is 2. The maximum absolute atomic E-state index is 13.4. The van der Waals surface area contributed by atoms with Gasteiger partial charge < -0.3 is 5.32 Å². The molecular weight excluding hydrogens is 315 g/mol. The van der Waals surface area contributed by atoms with Crippen molar-refractivity contribution in [3.63, 3.8) is 0 Å². The molecule has 0 amide bonds. The Morgan fingerprint density at radius 3 is 2.68 bits per heavy atom. The van der Waals surface area contributed by atoms with Crippen LogP contribution >= 0.6 is 11.6 Å². The molecule has 1 aliphatic carbocycles. The molecule has 0 saturated heterocycles. The Bertz CT molecular complexity index is 748. The molecule has 1 N–H and O–H groups in total. The summed E-state index contributed by atoms with van der Waals surface area (Å²) in [5.41, 5.74) is 1.50. The Morgan fingerprint density at radius 2 is 2.00 bits per heavy atom. The number of alkyl halides is 2. The first-order chi connectivity index (χ1) is 10.4. The van der Waals surface area contributed by atoms with Gasteiger partial charge in [-0.15, -0.1) is 0 Å². The normalized spacial score (nSPS) is 21.5. The lowest BCUT2D eigenvalue weighted by Gasteiger charge is -2.50. The molecule has 1 aromatic heterocycles. The van der Waals surface area contributed by atoms with Gasteiger partial charge in [-0.2, -0.15) is 5.10 Å². The monoisotopic (exact) mass is 327 g/mol. The van der Waals surface area contributed by atoms with Crippen LogP contribution < -0.4 is 5.32 Å². The van der Waals surface area contributed by atoms with Crippen LogP contribution in [0.25, 0.3) is 11.3 Å². The van der Waals surface area contributed by atoms with Crippen molar-refractivity contribution in [2.24, 2.45) is 0 Å². The number of rotatable bonds is 1. The van der Waals surface area contributed by atoms with E-state index < -0.39 is 17.3 Å². The highest BCUT2D eigenvalue weighted by Gasteiger charge is 2.59. The Hall–Kier alpha value is -1.53. The van der Waals surface area contributed by atoms with Crippen molar-refractivity contribution >= 4 is 11.6 Å². The van der Waals surface area contributed by atoms with Crippen LogP contribution in [0.5, 0.6) is 0 Å². The van der Waals surface area contributed by atoms with Crippen LogP contribution in [-0.2, 0) is 12.1 Å². The summed E-state index contributed by atoms with van der Waals surface area (Å²) in [6, 6.07) is 6.21. The first-order valence-corrected chi connectivity index (χ1v) is 7.40. The topological polar surface area (TPSA) is 29.9 Å². The van der Waals surface area contributed by atoms with Gasteiger partial charge >= 0.3 is 0 Å². The largest absolute Gasteiger partial charge is 0.309 e. The second-order valence-corrected chi connectivity index (χ2v) is 6.51. The molecule has 0 radical (unpaired) electrons. The summed E-state index contributed by atoms with van der Waals surface area (Å²) in [7, 11) is 0. The van der Waals surface area contributed by atoms with E-state index >= 15 is 0 Å². The van der Waals surface area contributed by atoms with Crippen LogP contribution in [-0.4, -0.2) is 22.2 Å². The van der Waals surface area contributed by atoms with Crippen molar-refractivity contribution in [1.82, 2.24) is 15.1 Å². The molecule has 0 bridgehead atoms. The van der Waals surface area contributed by atoms with Gasteiger partial charge in [0, 0.05) is 31.5 Å². The van der Waals surface area contributed by atoms with E-state index in [1.165, 1.54) is 12.1 Å². The van der Waals surface area contributed by atoms with E-state index in [4.69, 9.17) is 11.6 Å². The number of nitrogens with one attached hydrogen (secondary N) is 1. The molecule has 3 nitrogen and oxygen atoms in total. The first kappa shape index (κ1) is 14.1. The molecule has 1 saturated carbocycles. The summed E-state index contributed by atoms with van der Waals surface area (Å²) in [5.74, 6) is -3.12. The zero-order valence-electron chi connectivity index (χ0n) is 11.5. The van der Waals surface area contributed by atoms with E-state index in [0.29, 0.717) is 24.3 Å². The summed E-state index contributed by atoms with van der Waals surface area (Å²) in [4.78, 5) is 0. The van der Waals surface area contributed by atoms with Gasteiger partial charge in [0.15, 0.2) is 0 Å². The van der Waals surface area contributed by atoms with Crippen LogP contribution in [0.3, 0.4) is 0 Å². The predicted octanol–water partition coefficient (Wildman–Crippen LogP) is 3.57. The van der Waals surface area contributed by atoms with Crippen molar-refractivity contribution in [2.75, 3.05) is 6.54 Å². The average molecular weight is 328 g/mol. The fourth-order valence-electron chi connectivity index (χ4n) is 3.44. The predicted molar refractivity (Wildman–Crippen MR) is 76.5 cm³/mol. The number of hydrogen-bond acceptors (Lipinski definition) is 2. The minimum atomic E-state index is -2.62. The van der Waals surface area contributed by atoms with Gasteiger partial charge in [-0.05, 0) is 24.3 Å². The quantitative estimate of drug-likeness (QED) is 0.868. The van der Waals surface area contributed by atoms with Crippen LogP contribution in [0.2, 0.25) is 5.02 Å². The zero-order valence-corrected chi connectivity index (χ0v) is 12.3. The molecule has 2 heterocycles. The molecule has 2 aliphatic rings. The van der Waals surface area contributed by atoms with Gasteiger partial charge in [0.2, 0.25) is 0 Å². The Labute approximate surface area is 130 Å². The second-order valence-electron chi connectivity index (χ2n) is 6.10. The summed E-state index contributed by atoms with van der Waals surface area (Å²) in [6.45, 7) is 1.07. The Morgan fingerprint density at radius 1 is 1.23 bits per heavy atom. The molecule has 1 aromatic carbocycles. The molecule has 2 aromatic rings. The molecule has 0 unspecified atom stereocenters. The molecule has 0 atom stereocenters. The lowest BCUT2D eigenvalue weighted by Crippen LogP contribution is -2.61. The highest BCUT2D eigenvalue weighted by Crippen LogP contribution is 2.51. The third-order valence-corrected chi connectivity index (χ3v) is 4.67. The van der Waals surface area contributed by atoms with E-state index in [1.54, 1.807) is 10.7 Å². The number of benzene rings is 1. The van der Waals surface area contributed by atoms with Gasteiger partial charge in [-0.1, -0.05) is 11.6 Å². The maximum atomic E-state index is 13.4. The van der Waals surface area contributed by atoms with Crippen LogP contribution in [0.1, 0.15) is 18.5 Å². The molecule has 4 rings (SSSR count). The summed E-state index contributed by atoms with van der Waals surface area (Å²) in [6.07, 6.45) is -0.406.